The smallest absolute Gasteiger partial charge is 0.254 e. The summed E-state index contributed by atoms with van der Waals surface area (Å²) in [6, 6.07) is 13.4. The molecule has 33 heavy (non-hydrogen) atoms. The second kappa shape index (κ2) is 9.45. The molecule has 0 N–H and O–H groups in total. The fourth-order valence-corrected chi connectivity index (χ4v) is 4.42. The van der Waals surface area contributed by atoms with E-state index in [9.17, 15) is 9.18 Å². The summed E-state index contributed by atoms with van der Waals surface area (Å²) in [5.41, 5.74) is 3.54. The highest BCUT2D eigenvalue weighted by Gasteiger charge is 2.28. The summed E-state index contributed by atoms with van der Waals surface area (Å²) in [5.74, 6) is 1.29. The molecular weight excluding hydrogens is 443 g/mol. The van der Waals surface area contributed by atoms with Gasteiger partial charge in [0.2, 0.25) is 0 Å². The standard InChI is InChI=1S/C25H24ClFN4O2/c26-19-5-3-18(4-6-19)25(32)31-10-9-22-21(16-31)24(30-11-13-33-14-12-30)29-23(28-22)15-17-1-7-20(27)8-2-17/h1-8H,9-16H2. The number of ether oxygens (including phenoxy) is 1. The lowest BCUT2D eigenvalue weighted by molar-refractivity contribution is 0.0733. The van der Waals surface area contributed by atoms with Crippen molar-refractivity contribution < 1.29 is 13.9 Å². The first-order chi connectivity index (χ1) is 16.1. The molecule has 1 aromatic heterocycles. The van der Waals surface area contributed by atoms with Crippen molar-refractivity contribution in [3.8, 4) is 0 Å². The van der Waals surface area contributed by atoms with Gasteiger partial charge < -0.3 is 14.5 Å². The number of halogens is 2. The number of hydrogen-bond donors (Lipinski definition) is 0. The topological polar surface area (TPSA) is 58.6 Å². The van der Waals surface area contributed by atoms with Crippen LogP contribution in [0.2, 0.25) is 5.02 Å². The SMILES string of the molecule is O=C(c1ccc(Cl)cc1)N1CCc2nc(Cc3ccc(F)cc3)nc(N3CCOCC3)c2C1. The molecule has 0 unspecified atom stereocenters. The van der Waals surface area contributed by atoms with Gasteiger partial charge in [-0.15, -0.1) is 0 Å². The van der Waals surface area contributed by atoms with Gasteiger partial charge in [0.25, 0.3) is 5.91 Å². The van der Waals surface area contributed by atoms with Crippen LogP contribution in [0.5, 0.6) is 0 Å². The Hall–Kier alpha value is -3.03. The molecule has 2 aliphatic rings. The molecule has 2 aromatic carbocycles. The van der Waals surface area contributed by atoms with Crippen molar-refractivity contribution >= 4 is 23.3 Å². The van der Waals surface area contributed by atoms with Crippen LogP contribution in [0.4, 0.5) is 10.2 Å². The van der Waals surface area contributed by atoms with Crippen molar-refractivity contribution in [3.05, 3.63) is 87.6 Å². The first kappa shape index (κ1) is 21.8. The number of aromatic nitrogens is 2. The lowest BCUT2D eigenvalue weighted by Gasteiger charge is -2.34. The summed E-state index contributed by atoms with van der Waals surface area (Å²) in [6.45, 7) is 3.80. The second-order valence-electron chi connectivity index (χ2n) is 8.27. The van der Waals surface area contributed by atoms with Crippen LogP contribution in [-0.4, -0.2) is 53.6 Å². The number of morpholine rings is 1. The minimum absolute atomic E-state index is 0.0272. The van der Waals surface area contributed by atoms with Crippen molar-refractivity contribution in [2.24, 2.45) is 0 Å². The summed E-state index contributed by atoms with van der Waals surface area (Å²) >= 11 is 5.98. The summed E-state index contributed by atoms with van der Waals surface area (Å²) in [7, 11) is 0. The summed E-state index contributed by atoms with van der Waals surface area (Å²) in [6.07, 6.45) is 1.18. The third-order valence-electron chi connectivity index (χ3n) is 6.05. The maximum Gasteiger partial charge on any atom is 0.254 e. The van der Waals surface area contributed by atoms with Crippen LogP contribution >= 0.6 is 11.6 Å². The molecule has 1 saturated heterocycles. The number of hydrogen-bond acceptors (Lipinski definition) is 5. The van der Waals surface area contributed by atoms with E-state index >= 15 is 0 Å². The normalized spacial score (nSPS) is 15.9. The Bertz CT molecular complexity index is 1150. The molecule has 3 aromatic rings. The molecule has 0 spiro atoms. The molecule has 0 aliphatic carbocycles. The Kier molecular flexibility index (Phi) is 6.24. The lowest BCUT2D eigenvalue weighted by atomic mass is 10.0. The lowest BCUT2D eigenvalue weighted by Crippen LogP contribution is -2.41. The molecule has 0 bridgehead atoms. The number of fused-ring (bicyclic) bond motifs is 1. The fraction of sp³-hybridized carbons (Fsp3) is 0.320. The van der Waals surface area contributed by atoms with E-state index in [1.54, 1.807) is 36.4 Å². The summed E-state index contributed by atoms with van der Waals surface area (Å²) < 4.78 is 18.8. The van der Waals surface area contributed by atoms with E-state index in [-0.39, 0.29) is 11.7 Å². The number of anilines is 1. The molecule has 170 valence electrons. The van der Waals surface area contributed by atoms with E-state index in [0.29, 0.717) is 55.6 Å². The molecule has 2 aliphatic heterocycles. The highest BCUT2D eigenvalue weighted by molar-refractivity contribution is 6.30. The van der Waals surface area contributed by atoms with E-state index in [0.717, 1.165) is 35.7 Å². The Morgan fingerprint density at radius 3 is 2.45 bits per heavy atom. The zero-order valence-electron chi connectivity index (χ0n) is 18.1. The molecule has 8 heteroatoms. The van der Waals surface area contributed by atoms with E-state index in [2.05, 4.69) is 4.90 Å². The number of nitrogens with zero attached hydrogens (tertiary/aromatic N) is 4. The number of rotatable bonds is 4. The predicted molar refractivity (Wildman–Crippen MR) is 124 cm³/mol. The van der Waals surface area contributed by atoms with E-state index in [4.69, 9.17) is 26.3 Å². The maximum atomic E-state index is 13.3. The number of amides is 1. The highest BCUT2D eigenvalue weighted by atomic mass is 35.5. The summed E-state index contributed by atoms with van der Waals surface area (Å²) in [5, 5.41) is 0.604. The van der Waals surface area contributed by atoms with Crippen molar-refractivity contribution in [2.75, 3.05) is 37.7 Å². The van der Waals surface area contributed by atoms with Gasteiger partial charge in [0.15, 0.2) is 0 Å². The zero-order valence-corrected chi connectivity index (χ0v) is 18.9. The molecule has 3 heterocycles. The molecule has 1 fully saturated rings. The van der Waals surface area contributed by atoms with Crippen LogP contribution in [0.1, 0.15) is 33.0 Å². The van der Waals surface area contributed by atoms with Gasteiger partial charge in [0, 0.05) is 48.6 Å². The number of benzene rings is 2. The fourth-order valence-electron chi connectivity index (χ4n) is 4.30. The van der Waals surface area contributed by atoms with Gasteiger partial charge in [-0.25, -0.2) is 14.4 Å². The minimum atomic E-state index is -0.260. The quantitative estimate of drug-likeness (QED) is 0.583. The third kappa shape index (κ3) is 4.84. The van der Waals surface area contributed by atoms with Crippen LogP contribution in [0, 0.1) is 5.82 Å². The zero-order chi connectivity index (χ0) is 22.8. The molecule has 5 rings (SSSR count). The molecule has 0 saturated carbocycles. The van der Waals surface area contributed by atoms with E-state index < -0.39 is 0 Å². The van der Waals surface area contributed by atoms with Gasteiger partial charge in [0.05, 0.1) is 25.5 Å². The molecule has 0 radical (unpaired) electrons. The molecule has 1 amide bonds. The average Bonchev–Trinajstić information content (AvgIpc) is 2.85. The largest absolute Gasteiger partial charge is 0.378 e. The van der Waals surface area contributed by atoms with Gasteiger partial charge in [-0.2, -0.15) is 0 Å². The van der Waals surface area contributed by atoms with Crippen molar-refractivity contribution in [1.29, 1.82) is 0 Å². The predicted octanol–water partition coefficient (Wildman–Crippen LogP) is 3.90. The van der Waals surface area contributed by atoms with Crippen LogP contribution in [0.15, 0.2) is 48.5 Å². The van der Waals surface area contributed by atoms with Gasteiger partial charge >= 0.3 is 0 Å². The molecular formula is C25H24ClFN4O2. The molecule has 6 nitrogen and oxygen atoms in total. The van der Waals surface area contributed by atoms with Crippen molar-refractivity contribution in [2.45, 2.75) is 19.4 Å². The van der Waals surface area contributed by atoms with Crippen molar-refractivity contribution in [3.63, 3.8) is 0 Å². The van der Waals surface area contributed by atoms with Crippen LogP contribution in [-0.2, 0) is 24.1 Å². The van der Waals surface area contributed by atoms with Crippen molar-refractivity contribution in [1.82, 2.24) is 14.9 Å². The average molecular weight is 467 g/mol. The third-order valence-corrected chi connectivity index (χ3v) is 6.30. The Morgan fingerprint density at radius 2 is 1.73 bits per heavy atom. The van der Waals surface area contributed by atoms with Gasteiger partial charge in [-0.05, 0) is 42.0 Å². The van der Waals surface area contributed by atoms with Crippen LogP contribution in [0.3, 0.4) is 0 Å². The van der Waals surface area contributed by atoms with Crippen LogP contribution < -0.4 is 4.90 Å². The van der Waals surface area contributed by atoms with Gasteiger partial charge in [0.1, 0.15) is 17.5 Å². The Labute approximate surface area is 197 Å². The first-order valence-corrected chi connectivity index (χ1v) is 11.5. The van der Waals surface area contributed by atoms with Crippen LogP contribution in [0.25, 0.3) is 0 Å². The summed E-state index contributed by atoms with van der Waals surface area (Å²) in [4.78, 5) is 26.9. The number of carbonyl (C=O) groups is 1. The van der Waals surface area contributed by atoms with E-state index in [1.807, 2.05) is 4.90 Å². The van der Waals surface area contributed by atoms with E-state index in [1.165, 1.54) is 12.1 Å². The van der Waals surface area contributed by atoms with Gasteiger partial charge in [-0.1, -0.05) is 23.7 Å². The maximum absolute atomic E-state index is 13.3. The monoisotopic (exact) mass is 466 g/mol. The highest BCUT2D eigenvalue weighted by Crippen LogP contribution is 2.29. The van der Waals surface area contributed by atoms with Gasteiger partial charge in [-0.3, -0.25) is 4.79 Å². The second-order valence-corrected chi connectivity index (χ2v) is 8.71. The Balaban J connectivity index is 1.46. The Morgan fingerprint density at radius 1 is 1.00 bits per heavy atom. The first-order valence-electron chi connectivity index (χ1n) is 11.1. The number of carbonyl (C=O) groups excluding carboxylic acids is 1. The minimum Gasteiger partial charge on any atom is -0.378 e. The molecule has 0 atom stereocenters.